The first kappa shape index (κ1) is 39.5. The number of rotatable bonds is 20. The van der Waals surface area contributed by atoms with Gasteiger partial charge in [0.05, 0.1) is 6.54 Å². The average Bonchev–Trinajstić information content (AvgIpc) is 2.92. The molecule has 18 heteroatoms. The number of aliphatic carboxylic acids is 1. The predicted octanol–water partition coefficient (Wildman–Crippen LogP) is -3.90. The minimum atomic E-state index is -1.35. The number of amides is 6. The van der Waals surface area contributed by atoms with E-state index in [1.165, 1.54) is 6.92 Å². The molecule has 0 bridgehead atoms. The van der Waals surface area contributed by atoms with Crippen LogP contribution in [-0.4, -0.2) is 95.8 Å². The average molecular weight is 629 g/mol. The highest BCUT2D eigenvalue weighted by Crippen LogP contribution is 2.09. The van der Waals surface area contributed by atoms with Gasteiger partial charge in [0.1, 0.15) is 30.2 Å². The molecule has 18 nitrogen and oxygen atoms in total. The minimum Gasteiger partial charge on any atom is -0.480 e. The molecule has 44 heavy (non-hydrogen) atoms. The van der Waals surface area contributed by atoms with Crippen molar-refractivity contribution < 1.29 is 38.7 Å². The van der Waals surface area contributed by atoms with E-state index < -0.39 is 83.5 Å². The molecule has 0 fully saturated rings. The van der Waals surface area contributed by atoms with Gasteiger partial charge >= 0.3 is 5.97 Å². The molecule has 5 atom stereocenters. The Morgan fingerprint density at radius 3 is 1.64 bits per heavy atom. The number of primary amides is 1. The molecule has 0 aromatic heterocycles. The van der Waals surface area contributed by atoms with Gasteiger partial charge in [0.15, 0.2) is 5.96 Å². The summed E-state index contributed by atoms with van der Waals surface area (Å²) in [6.07, 6.45) is -0.318. The zero-order valence-electron chi connectivity index (χ0n) is 25.8. The molecule has 0 aliphatic carbocycles. The summed E-state index contributed by atoms with van der Waals surface area (Å²) in [4.78, 5) is 91.0. The maximum Gasteiger partial charge on any atom is 0.325 e. The van der Waals surface area contributed by atoms with Crippen molar-refractivity contribution in [2.45, 2.75) is 90.5 Å². The van der Waals surface area contributed by atoms with Crippen LogP contribution in [0, 0.1) is 11.8 Å². The highest BCUT2D eigenvalue weighted by molar-refractivity contribution is 5.96. The largest absolute Gasteiger partial charge is 0.480 e. The molecule has 0 saturated heterocycles. The van der Waals surface area contributed by atoms with E-state index in [9.17, 15) is 33.6 Å². The van der Waals surface area contributed by atoms with Gasteiger partial charge in [-0.2, -0.15) is 0 Å². The lowest BCUT2D eigenvalue weighted by atomic mass is 10.0. The van der Waals surface area contributed by atoms with E-state index in [-0.39, 0.29) is 44.7 Å². The smallest absolute Gasteiger partial charge is 0.325 e. The Morgan fingerprint density at radius 1 is 0.682 bits per heavy atom. The van der Waals surface area contributed by atoms with Crippen LogP contribution < -0.4 is 49.5 Å². The van der Waals surface area contributed by atoms with Crippen molar-refractivity contribution in [2.24, 2.45) is 39.8 Å². The van der Waals surface area contributed by atoms with Crippen molar-refractivity contribution in [3.63, 3.8) is 0 Å². The normalized spacial score (nSPS) is 14.3. The maximum atomic E-state index is 13.4. The van der Waals surface area contributed by atoms with Crippen LogP contribution in [0.5, 0.6) is 0 Å². The number of nitrogens with zero attached hydrogens (tertiary/aromatic N) is 1. The summed E-state index contributed by atoms with van der Waals surface area (Å²) in [7, 11) is 0. The number of guanidine groups is 1. The zero-order valence-corrected chi connectivity index (χ0v) is 25.8. The summed E-state index contributed by atoms with van der Waals surface area (Å²) >= 11 is 0. The number of nitrogens with two attached hydrogens (primary N) is 4. The van der Waals surface area contributed by atoms with Crippen molar-refractivity contribution in [1.29, 1.82) is 0 Å². The molecular formula is C26H48N10O8. The van der Waals surface area contributed by atoms with Crippen LogP contribution in [-0.2, 0) is 33.6 Å². The van der Waals surface area contributed by atoms with Crippen molar-refractivity contribution in [2.75, 3.05) is 13.1 Å². The highest BCUT2D eigenvalue weighted by atomic mass is 16.4. The fraction of sp³-hybridized carbons (Fsp3) is 0.692. The van der Waals surface area contributed by atoms with Crippen LogP contribution in [0.4, 0.5) is 0 Å². The SMILES string of the molecule is CC(C)[C@H](NC(=O)CN)C(=O)N[C@@H](CCC(N)=O)C(=O)N[C@@H](CCCN=C(N)N)C(=O)N[C@H](C(=O)N[C@@H](C)C(=O)O)C(C)C. The molecule has 0 unspecified atom stereocenters. The summed E-state index contributed by atoms with van der Waals surface area (Å²) in [5.74, 6) is -6.80. The van der Waals surface area contributed by atoms with Crippen LogP contribution in [0.1, 0.15) is 60.3 Å². The highest BCUT2D eigenvalue weighted by Gasteiger charge is 2.33. The van der Waals surface area contributed by atoms with Crippen LogP contribution in [0.25, 0.3) is 0 Å². The molecule has 0 spiro atoms. The number of carboxylic acid groups (broad SMARTS) is 1. The van der Waals surface area contributed by atoms with Crippen LogP contribution >= 0.6 is 0 Å². The van der Waals surface area contributed by atoms with E-state index in [1.54, 1.807) is 27.7 Å². The fourth-order valence-electron chi connectivity index (χ4n) is 3.78. The van der Waals surface area contributed by atoms with Crippen LogP contribution in [0.3, 0.4) is 0 Å². The monoisotopic (exact) mass is 628 g/mol. The van der Waals surface area contributed by atoms with Crippen molar-refractivity contribution in [3.8, 4) is 0 Å². The molecule has 0 aliphatic heterocycles. The van der Waals surface area contributed by atoms with E-state index in [1.807, 2.05) is 0 Å². The molecule has 0 aliphatic rings. The molecule has 0 saturated carbocycles. The van der Waals surface area contributed by atoms with Gasteiger partial charge in [-0.05, 0) is 38.0 Å². The number of hydrogen-bond acceptors (Lipinski definition) is 9. The first-order chi connectivity index (χ1) is 20.4. The van der Waals surface area contributed by atoms with E-state index >= 15 is 0 Å². The molecule has 0 aromatic carbocycles. The third kappa shape index (κ3) is 15.1. The van der Waals surface area contributed by atoms with Gasteiger partial charge in [-0.1, -0.05) is 27.7 Å². The third-order valence-electron chi connectivity index (χ3n) is 6.32. The fourth-order valence-corrected chi connectivity index (χ4v) is 3.78. The van der Waals surface area contributed by atoms with Crippen LogP contribution in [0.2, 0.25) is 0 Å². The topological polar surface area (TPSA) is 316 Å². The van der Waals surface area contributed by atoms with Gasteiger partial charge < -0.3 is 54.6 Å². The second-order valence-corrected chi connectivity index (χ2v) is 10.9. The number of nitrogens with one attached hydrogen (secondary N) is 5. The molecule has 6 amide bonds. The second-order valence-electron chi connectivity index (χ2n) is 10.9. The lowest BCUT2D eigenvalue weighted by Gasteiger charge is -2.28. The number of carboxylic acids is 1. The van der Waals surface area contributed by atoms with Crippen molar-refractivity contribution in [3.05, 3.63) is 0 Å². The molecule has 0 rings (SSSR count). The minimum absolute atomic E-state index is 0.00994. The Bertz CT molecular complexity index is 1060. The predicted molar refractivity (Wildman–Crippen MR) is 160 cm³/mol. The zero-order chi connectivity index (χ0) is 34.1. The molecule has 250 valence electrons. The Morgan fingerprint density at radius 2 is 1.16 bits per heavy atom. The lowest BCUT2D eigenvalue weighted by Crippen LogP contribution is -2.60. The molecular weight excluding hydrogens is 580 g/mol. The second kappa shape index (κ2) is 19.7. The first-order valence-electron chi connectivity index (χ1n) is 14.2. The van der Waals surface area contributed by atoms with Gasteiger partial charge in [-0.3, -0.25) is 38.6 Å². The van der Waals surface area contributed by atoms with Crippen LogP contribution in [0.15, 0.2) is 4.99 Å². The molecule has 0 aromatic rings. The first-order valence-corrected chi connectivity index (χ1v) is 14.2. The van der Waals surface area contributed by atoms with Gasteiger partial charge in [-0.25, -0.2) is 0 Å². The van der Waals surface area contributed by atoms with Gasteiger partial charge in [0.25, 0.3) is 0 Å². The number of carbonyl (C=O) groups excluding carboxylic acids is 6. The number of hydrogen-bond donors (Lipinski definition) is 10. The molecule has 0 radical (unpaired) electrons. The standard InChI is InChI=1S/C26H48N10O8/c1-12(2)19(35-18(38)11-27)24(42)34-16(8-9-17(28)37)21(39)33-15(7-6-10-31-26(29)30)22(40)36-20(13(3)4)23(41)32-14(5)25(43)44/h12-16,19-20H,6-11,27H2,1-5H3,(H2,28,37)(H,32,41)(H,33,39)(H,34,42)(H,35,38)(H,36,40)(H,43,44)(H4,29,30,31)/t14-,15-,16-,19-,20-/m0/s1. The van der Waals surface area contributed by atoms with Gasteiger partial charge in [0, 0.05) is 13.0 Å². The van der Waals surface area contributed by atoms with Crippen molar-refractivity contribution >= 4 is 47.4 Å². The number of carbonyl (C=O) groups is 7. The van der Waals surface area contributed by atoms with Crippen molar-refractivity contribution in [1.82, 2.24) is 26.6 Å². The Labute approximate surface area is 256 Å². The maximum absolute atomic E-state index is 13.4. The van der Waals surface area contributed by atoms with E-state index in [4.69, 9.17) is 28.0 Å². The van der Waals surface area contributed by atoms with E-state index in [2.05, 4.69) is 31.6 Å². The Balaban J connectivity index is 6.11. The molecule has 0 heterocycles. The Hall–Kier alpha value is -4.48. The Kier molecular flexibility index (Phi) is 17.7. The van der Waals surface area contributed by atoms with Gasteiger partial charge in [0.2, 0.25) is 35.4 Å². The van der Waals surface area contributed by atoms with E-state index in [0.717, 1.165) is 0 Å². The summed E-state index contributed by atoms with van der Waals surface area (Å²) in [6.45, 7) is 7.58. The summed E-state index contributed by atoms with van der Waals surface area (Å²) in [5, 5.41) is 21.5. The summed E-state index contributed by atoms with van der Waals surface area (Å²) in [5.41, 5.74) is 21.3. The van der Waals surface area contributed by atoms with Gasteiger partial charge in [-0.15, -0.1) is 0 Å². The third-order valence-corrected chi connectivity index (χ3v) is 6.32. The lowest BCUT2D eigenvalue weighted by molar-refractivity contribution is -0.142. The quantitative estimate of drug-likeness (QED) is 0.0353. The summed E-state index contributed by atoms with van der Waals surface area (Å²) < 4.78 is 0. The molecule has 14 N–H and O–H groups in total. The number of aliphatic imine (C=N–C) groups is 1. The van der Waals surface area contributed by atoms with E-state index in [0.29, 0.717) is 0 Å². The summed E-state index contributed by atoms with van der Waals surface area (Å²) in [6, 6.07) is -6.07.